The molecule has 0 radical (unpaired) electrons. The quantitative estimate of drug-likeness (QED) is 0.858. The summed E-state index contributed by atoms with van der Waals surface area (Å²) in [5.74, 6) is 0.179. The lowest BCUT2D eigenvalue weighted by atomic mass is 9.75. The molecule has 2 fully saturated rings. The monoisotopic (exact) mass is 346 g/mol. The lowest BCUT2D eigenvalue weighted by Crippen LogP contribution is -2.49. The second-order valence-electron chi connectivity index (χ2n) is 7.55. The van der Waals surface area contributed by atoms with Gasteiger partial charge in [-0.25, -0.2) is 0 Å². The molecule has 0 spiro atoms. The van der Waals surface area contributed by atoms with Crippen LogP contribution in [0.5, 0.6) is 0 Å². The maximum Gasteiger partial charge on any atom is 0.223 e. The zero-order valence-corrected chi connectivity index (χ0v) is 15.2. The molecule has 1 aromatic carbocycles. The molecule has 1 amide bonds. The summed E-state index contributed by atoms with van der Waals surface area (Å²) in [6.07, 6.45) is 4.29. The lowest BCUT2D eigenvalue weighted by Gasteiger charge is -2.42. The van der Waals surface area contributed by atoms with Gasteiger partial charge in [0.1, 0.15) is 0 Å². The average Bonchev–Trinajstić information content (AvgIpc) is 3.15. The number of aryl methyl sites for hydroxylation is 1. The highest BCUT2D eigenvalue weighted by Gasteiger charge is 2.37. The Balaban J connectivity index is 1.61. The van der Waals surface area contributed by atoms with Crippen molar-refractivity contribution in [2.45, 2.75) is 39.0 Å². The van der Waals surface area contributed by atoms with Gasteiger partial charge in [-0.2, -0.15) is 5.06 Å². The molecule has 1 atom stereocenters. The summed E-state index contributed by atoms with van der Waals surface area (Å²) in [5, 5.41) is 12.0. The summed E-state index contributed by atoms with van der Waals surface area (Å²) < 4.78 is 0. The number of amides is 1. The average molecular weight is 346 g/mol. The third kappa shape index (κ3) is 4.60. The molecular weight excluding hydrogens is 316 g/mol. The molecule has 2 saturated heterocycles. The number of hydroxylamine groups is 2. The number of hydrogen-bond acceptors (Lipinski definition) is 4. The summed E-state index contributed by atoms with van der Waals surface area (Å²) in [6.45, 7) is 6.04. The van der Waals surface area contributed by atoms with E-state index in [1.54, 1.807) is 0 Å². The summed E-state index contributed by atoms with van der Waals surface area (Å²) in [4.78, 5) is 20.1. The Morgan fingerprint density at radius 1 is 1.28 bits per heavy atom. The maximum atomic E-state index is 12.6. The van der Waals surface area contributed by atoms with Crippen LogP contribution in [0.2, 0.25) is 0 Å². The molecule has 2 aliphatic heterocycles. The van der Waals surface area contributed by atoms with Gasteiger partial charge in [-0.1, -0.05) is 24.3 Å². The summed E-state index contributed by atoms with van der Waals surface area (Å²) in [5.41, 5.74) is 2.31. The van der Waals surface area contributed by atoms with Gasteiger partial charge in [0.05, 0.1) is 13.2 Å². The number of carbonyl (C=O) groups excluding carboxylic acids is 1. The van der Waals surface area contributed by atoms with E-state index in [-0.39, 0.29) is 17.9 Å². The number of piperidine rings is 1. The smallest absolute Gasteiger partial charge is 0.223 e. The van der Waals surface area contributed by atoms with Crippen LogP contribution in [0.25, 0.3) is 0 Å². The molecule has 5 heteroatoms. The van der Waals surface area contributed by atoms with Gasteiger partial charge in [-0.15, -0.1) is 0 Å². The van der Waals surface area contributed by atoms with Crippen LogP contribution in [0.3, 0.4) is 0 Å². The summed E-state index contributed by atoms with van der Waals surface area (Å²) in [7, 11) is 0. The van der Waals surface area contributed by atoms with Crippen molar-refractivity contribution in [3.05, 3.63) is 35.4 Å². The van der Waals surface area contributed by atoms with Crippen molar-refractivity contribution >= 4 is 5.91 Å². The molecule has 2 aliphatic rings. The topological polar surface area (TPSA) is 53.0 Å². The summed E-state index contributed by atoms with van der Waals surface area (Å²) in [6, 6.07) is 8.34. The van der Waals surface area contributed by atoms with Crippen LogP contribution in [0.1, 0.15) is 36.8 Å². The molecule has 138 valence electrons. The van der Waals surface area contributed by atoms with Crippen molar-refractivity contribution in [2.75, 3.05) is 39.4 Å². The lowest BCUT2D eigenvalue weighted by molar-refractivity contribution is -0.142. The van der Waals surface area contributed by atoms with Crippen LogP contribution in [-0.4, -0.2) is 60.4 Å². The molecule has 0 saturated carbocycles. The standard InChI is InChI=1S/C20H30N2O3/c1-17-6-2-3-7-18(17)14-20(16-23)9-4-10-21(15-20)19(24)8-12-22-11-5-13-25-22/h2-3,6-7,23H,4-5,8-16H2,1H3/t20-/m0/s1. The minimum absolute atomic E-state index is 0.125. The molecule has 0 aliphatic carbocycles. The van der Waals surface area contributed by atoms with Crippen molar-refractivity contribution in [3.8, 4) is 0 Å². The van der Waals surface area contributed by atoms with Crippen molar-refractivity contribution in [1.29, 1.82) is 0 Å². The van der Waals surface area contributed by atoms with Gasteiger partial charge in [0.15, 0.2) is 0 Å². The number of rotatable bonds is 6. The number of aliphatic hydroxyl groups excluding tert-OH is 1. The molecule has 0 bridgehead atoms. The van der Waals surface area contributed by atoms with Crippen LogP contribution < -0.4 is 0 Å². The van der Waals surface area contributed by atoms with E-state index in [2.05, 4.69) is 25.1 Å². The van der Waals surface area contributed by atoms with E-state index in [1.807, 2.05) is 16.0 Å². The Morgan fingerprint density at radius 2 is 2.12 bits per heavy atom. The van der Waals surface area contributed by atoms with Crippen LogP contribution in [-0.2, 0) is 16.1 Å². The van der Waals surface area contributed by atoms with E-state index in [0.717, 1.165) is 45.4 Å². The third-order valence-corrected chi connectivity index (χ3v) is 5.58. The van der Waals surface area contributed by atoms with Gasteiger partial charge in [0, 0.05) is 38.0 Å². The highest BCUT2D eigenvalue weighted by molar-refractivity contribution is 5.76. The van der Waals surface area contributed by atoms with E-state index in [0.29, 0.717) is 19.5 Å². The number of carbonyl (C=O) groups is 1. The first kappa shape index (κ1) is 18.4. The predicted octanol–water partition coefficient (Wildman–Crippen LogP) is 2.17. The van der Waals surface area contributed by atoms with Crippen molar-refractivity contribution in [3.63, 3.8) is 0 Å². The van der Waals surface area contributed by atoms with Crippen molar-refractivity contribution < 1.29 is 14.7 Å². The predicted molar refractivity (Wildman–Crippen MR) is 97.0 cm³/mol. The second-order valence-corrected chi connectivity index (χ2v) is 7.55. The fourth-order valence-electron chi connectivity index (χ4n) is 4.02. The number of hydrogen-bond donors (Lipinski definition) is 1. The Morgan fingerprint density at radius 3 is 2.84 bits per heavy atom. The van der Waals surface area contributed by atoms with Crippen LogP contribution in [0.15, 0.2) is 24.3 Å². The van der Waals surface area contributed by atoms with Crippen molar-refractivity contribution in [1.82, 2.24) is 9.96 Å². The molecule has 1 N–H and O–H groups in total. The minimum atomic E-state index is -0.218. The largest absolute Gasteiger partial charge is 0.396 e. The molecule has 0 unspecified atom stereocenters. The molecular formula is C20H30N2O3. The number of aliphatic hydroxyl groups is 1. The Bertz CT molecular complexity index is 586. The molecule has 2 heterocycles. The number of likely N-dealkylation sites (tertiary alicyclic amines) is 1. The zero-order valence-electron chi connectivity index (χ0n) is 15.2. The van der Waals surface area contributed by atoms with Crippen LogP contribution in [0, 0.1) is 12.3 Å². The van der Waals surface area contributed by atoms with Gasteiger partial charge in [0.2, 0.25) is 5.91 Å². The fraction of sp³-hybridized carbons (Fsp3) is 0.650. The van der Waals surface area contributed by atoms with Gasteiger partial charge < -0.3 is 10.0 Å². The second kappa shape index (κ2) is 8.30. The van der Waals surface area contributed by atoms with E-state index in [1.165, 1.54) is 11.1 Å². The fourth-order valence-corrected chi connectivity index (χ4v) is 4.02. The molecule has 0 aromatic heterocycles. The molecule has 5 nitrogen and oxygen atoms in total. The first-order valence-corrected chi connectivity index (χ1v) is 9.43. The highest BCUT2D eigenvalue weighted by Crippen LogP contribution is 2.34. The Hall–Kier alpha value is -1.43. The van der Waals surface area contributed by atoms with E-state index >= 15 is 0 Å². The first-order valence-electron chi connectivity index (χ1n) is 9.43. The normalized spacial score (nSPS) is 24.6. The third-order valence-electron chi connectivity index (χ3n) is 5.58. The number of benzene rings is 1. The zero-order chi connectivity index (χ0) is 17.7. The number of nitrogens with zero attached hydrogens (tertiary/aromatic N) is 2. The van der Waals surface area contributed by atoms with Gasteiger partial charge in [-0.3, -0.25) is 9.63 Å². The highest BCUT2D eigenvalue weighted by atomic mass is 16.7. The Kier molecular flexibility index (Phi) is 6.10. The Labute approximate surface area is 150 Å². The van der Waals surface area contributed by atoms with Gasteiger partial charge in [0.25, 0.3) is 0 Å². The van der Waals surface area contributed by atoms with E-state index < -0.39 is 0 Å². The maximum absolute atomic E-state index is 12.6. The molecule has 1 aromatic rings. The van der Waals surface area contributed by atoms with Crippen LogP contribution in [0.4, 0.5) is 0 Å². The van der Waals surface area contributed by atoms with Gasteiger partial charge >= 0.3 is 0 Å². The van der Waals surface area contributed by atoms with E-state index in [4.69, 9.17) is 4.84 Å². The molecule has 3 rings (SSSR count). The first-order chi connectivity index (χ1) is 12.1. The van der Waals surface area contributed by atoms with E-state index in [9.17, 15) is 9.90 Å². The summed E-state index contributed by atoms with van der Waals surface area (Å²) >= 11 is 0. The van der Waals surface area contributed by atoms with Crippen molar-refractivity contribution in [2.24, 2.45) is 5.41 Å². The van der Waals surface area contributed by atoms with Crippen LogP contribution >= 0.6 is 0 Å². The SMILES string of the molecule is Cc1ccccc1C[C@@]1(CO)CCCN(C(=O)CCN2CCCO2)C1. The minimum Gasteiger partial charge on any atom is -0.396 e. The molecule has 25 heavy (non-hydrogen) atoms. The van der Waals surface area contributed by atoms with Gasteiger partial charge in [-0.05, 0) is 43.7 Å².